The molecule has 2 aromatic heterocycles. The molecular weight excluding hydrogens is 326 g/mol. The molecule has 1 atom stereocenters. The first-order chi connectivity index (χ1) is 11.2. The van der Waals surface area contributed by atoms with Gasteiger partial charge < -0.3 is 15.6 Å². The van der Waals surface area contributed by atoms with E-state index in [0.29, 0.717) is 6.54 Å². The van der Waals surface area contributed by atoms with Gasteiger partial charge in [0.2, 0.25) is 5.91 Å². The molecular formula is C17H22ClN5O. The molecule has 0 bridgehead atoms. The Labute approximate surface area is 147 Å². The predicted molar refractivity (Wildman–Crippen MR) is 97.3 cm³/mol. The molecule has 2 heterocycles. The molecule has 1 unspecified atom stereocenters. The lowest BCUT2D eigenvalue weighted by Gasteiger charge is -2.14. The summed E-state index contributed by atoms with van der Waals surface area (Å²) in [6, 6.07) is 7.80. The highest BCUT2D eigenvalue weighted by Gasteiger charge is 2.19. The fourth-order valence-corrected chi connectivity index (χ4v) is 2.80. The zero-order valence-corrected chi connectivity index (χ0v) is 14.6. The first-order valence-corrected chi connectivity index (χ1v) is 7.67. The number of rotatable bonds is 6. The summed E-state index contributed by atoms with van der Waals surface area (Å²) in [6.07, 6.45) is 6.35. The molecule has 1 amide bonds. The standard InChI is InChI=1S/C17H21N5O.ClH/c1-18-16(13-10-21-22(2)11-13)17(23)19-8-7-12-9-20-15-6-4-3-5-14(12)15;/h3-6,9-11,16,18,20H,7-8H2,1-2H3,(H,19,23);1H. The topological polar surface area (TPSA) is 74.7 Å². The van der Waals surface area contributed by atoms with Crippen molar-refractivity contribution in [3.63, 3.8) is 0 Å². The van der Waals surface area contributed by atoms with Crippen molar-refractivity contribution in [2.45, 2.75) is 12.5 Å². The van der Waals surface area contributed by atoms with Gasteiger partial charge in [0.1, 0.15) is 6.04 Å². The summed E-state index contributed by atoms with van der Waals surface area (Å²) in [7, 11) is 3.61. The number of aryl methyl sites for hydroxylation is 1. The molecule has 128 valence electrons. The van der Waals surface area contributed by atoms with Crippen LogP contribution in [-0.4, -0.2) is 34.3 Å². The molecule has 3 N–H and O–H groups in total. The van der Waals surface area contributed by atoms with Crippen LogP contribution in [0.2, 0.25) is 0 Å². The van der Waals surface area contributed by atoms with Crippen LogP contribution in [0.5, 0.6) is 0 Å². The number of likely N-dealkylation sites (N-methyl/N-ethyl adjacent to an activating group) is 1. The van der Waals surface area contributed by atoms with Gasteiger partial charge in [0.25, 0.3) is 0 Å². The largest absolute Gasteiger partial charge is 0.361 e. The highest BCUT2D eigenvalue weighted by Crippen LogP contribution is 2.18. The van der Waals surface area contributed by atoms with Gasteiger partial charge in [-0.2, -0.15) is 5.10 Å². The molecule has 0 saturated carbocycles. The number of halogens is 1. The number of aromatic nitrogens is 3. The van der Waals surface area contributed by atoms with Crippen LogP contribution in [-0.2, 0) is 18.3 Å². The third kappa shape index (κ3) is 3.77. The molecule has 0 aliphatic rings. The lowest BCUT2D eigenvalue weighted by atomic mass is 10.1. The van der Waals surface area contributed by atoms with Crippen molar-refractivity contribution in [1.29, 1.82) is 0 Å². The lowest BCUT2D eigenvalue weighted by molar-refractivity contribution is -0.123. The first-order valence-electron chi connectivity index (χ1n) is 7.67. The van der Waals surface area contributed by atoms with Gasteiger partial charge in [0.15, 0.2) is 0 Å². The number of amides is 1. The Morgan fingerprint density at radius 1 is 1.38 bits per heavy atom. The minimum Gasteiger partial charge on any atom is -0.361 e. The summed E-state index contributed by atoms with van der Waals surface area (Å²) < 4.78 is 1.69. The SMILES string of the molecule is CNC(C(=O)NCCc1c[nH]c2ccccc12)c1cnn(C)c1.Cl. The maximum absolute atomic E-state index is 12.4. The molecule has 6 nitrogen and oxygen atoms in total. The van der Waals surface area contributed by atoms with Crippen molar-refractivity contribution < 1.29 is 4.79 Å². The molecule has 0 radical (unpaired) electrons. The fraction of sp³-hybridized carbons (Fsp3) is 0.294. The molecule has 0 aliphatic carbocycles. The zero-order valence-electron chi connectivity index (χ0n) is 13.7. The Hall–Kier alpha value is -2.31. The number of aromatic amines is 1. The number of hydrogen-bond acceptors (Lipinski definition) is 3. The quantitative estimate of drug-likeness (QED) is 0.638. The second-order valence-electron chi connectivity index (χ2n) is 5.57. The highest BCUT2D eigenvalue weighted by molar-refractivity contribution is 5.85. The summed E-state index contributed by atoms with van der Waals surface area (Å²) in [5, 5.41) is 11.3. The van der Waals surface area contributed by atoms with Crippen molar-refractivity contribution >= 4 is 29.2 Å². The normalized spacial score (nSPS) is 11.9. The van der Waals surface area contributed by atoms with E-state index in [4.69, 9.17) is 0 Å². The van der Waals surface area contributed by atoms with Crippen molar-refractivity contribution in [2.24, 2.45) is 7.05 Å². The van der Waals surface area contributed by atoms with Crippen LogP contribution in [0.1, 0.15) is 17.2 Å². The van der Waals surface area contributed by atoms with Crippen molar-refractivity contribution in [3.05, 3.63) is 54.0 Å². The Kier molecular flexibility index (Phi) is 6.00. The van der Waals surface area contributed by atoms with Crippen molar-refractivity contribution in [3.8, 4) is 0 Å². The maximum atomic E-state index is 12.4. The number of nitrogens with one attached hydrogen (secondary N) is 3. The van der Waals surface area contributed by atoms with E-state index in [-0.39, 0.29) is 24.4 Å². The molecule has 0 aliphatic heterocycles. The van der Waals surface area contributed by atoms with Gasteiger partial charge >= 0.3 is 0 Å². The van der Waals surface area contributed by atoms with E-state index in [1.165, 1.54) is 10.9 Å². The van der Waals surface area contributed by atoms with Gasteiger partial charge in [-0.1, -0.05) is 18.2 Å². The monoisotopic (exact) mass is 347 g/mol. The first kappa shape index (κ1) is 18.0. The molecule has 3 aromatic rings. The Balaban J connectivity index is 0.00000208. The van der Waals surface area contributed by atoms with Gasteiger partial charge in [-0.15, -0.1) is 12.4 Å². The van der Waals surface area contributed by atoms with Crippen molar-refractivity contribution in [1.82, 2.24) is 25.4 Å². The van der Waals surface area contributed by atoms with Crippen molar-refractivity contribution in [2.75, 3.05) is 13.6 Å². The van der Waals surface area contributed by atoms with Crippen LogP contribution >= 0.6 is 12.4 Å². The summed E-state index contributed by atoms with van der Waals surface area (Å²) >= 11 is 0. The predicted octanol–water partition coefficient (Wildman–Crippen LogP) is 1.94. The molecule has 0 spiro atoms. The average Bonchev–Trinajstić information content (AvgIpc) is 3.15. The number of benzene rings is 1. The van der Waals surface area contributed by atoms with Gasteiger partial charge in [0.05, 0.1) is 6.20 Å². The van der Waals surface area contributed by atoms with Crippen LogP contribution < -0.4 is 10.6 Å². The van der Waals surface area contributed by atoms with Crippen LogP contribution in [0, 0.1) is 0 Å². The van der Waals surface area contributed by atoms with Gasteiger partial charge in [0, 0.05) is 42.5 Å². The summed E-state index contributed by atoms with van der Waals surface area (Å²) in [5.41, 5.74) is 3.19. The smallest absolute Gasteiger partial charge is 0.241 e. The highest BCUT2D eigenvalue weighted by atomic mass is 35.5. The van der Waals surface area contributed by atoms with Gasteiger partial charge in [-0.05, 0) is 25.1 Å². The summed E-state index contributed by atoms with van der Waals surface area (Å²) in [5.74, 6) is -0.0414. The fourth-order valence-electron chi connectivity index (χ4n) is 2.80. The number of carbonyl (C=O) groups is 1. The maximum Gasteiger partial charge on any atom is 0.241 e. The zero-order chi connectivity index (χ0) is 16.2. The Morgan fingerprint density at radius 3 is 2.88 bits per heavy atom. The number of fused-ring (bicyclic) bond motifs is 1. The second kappa shape index (κ2) is 7.99. The number of para-hydroxylation sites is 1. The third-order valence-electron chi connectivity index (χ3n) is 3.98. The van der Waals surface area contributed by atoms with Crippen LogP contribution in [0.3, 0.4) is 0 Å². The Bertz CT molecular complexity index is 810. The minimum atomic E-state index is -0.383. The molecule has 0 fully saturated rings. The van der Waals surface area contributed by atoms with E-state index < -0.39 is 0 Å². The summed E-state index contributed by atoms with van der Waals surface area (Å²) in [6.45, 7) is 0.596. The second-order valence-corrected chi connectivity index (χ2v) is 5.57. The van der Waals surface area contributed by atoms with E-state index >= 15 is 0 Å². The van der Waals surface area contributed by atoms with Gasteiger partial charge in [-0.25, -0.2) is 0 Å². The van der Waals surface area contributed by atoms with E-state index in [2.05, 4.69) is 32.8 Å². The number of carbonyl (C=O) groups excluding carboxylic acids is 1. The van der Waals surface area contributed by atoms with Crippen LogP contribution in [0.4, 0.5) is 0 Å². The Morgan fingerprint density at radius 2 is 2.17 bits per heavy atom. The molecule has 3 rings (SSSR count). The molecule has 7 heteroatoms. The number of hydrogen-bond donors (Lipinski definition) is 3. The lowest BCUT2D eigenvalue weighted by Crippen LogP contribution is -2.36. The van der Waals surface area contributed by atoms with Crippen LogP contribution in [0.15, 0.2) is 42.9 Å². The minimum absolute atomic E-state index is 0. The van der Waals surface area contributed by atoms with E-state index in [1.807, 2.05) is 31.6 Å². The molecule has 0 saturated heterocycles. The summed E-state index contributed by atoms with van der Waals surface area (Å²) in [4.78, 5) is 15.6. The molecule has 1 aromatic carbocycles. The third-order valence-corrected chi connectivity index (χ3v) is 3.98. The van der Waals surface area contributed by atoms with Gasteiger partial charge in [-0.3, -0.25) is 9.48 Å². The van der Waals surface area contributed by atoms with Crippen LogP contribution in [0.25, 0.3) is 10.9 Å². The number of nitrogens with zero attached hydrogens (tertiary/aromatic N) is 2. The average molecular weight is 348 g/mol. The van der Waals surface area contributed by atoms with E-state index in [0.717, 1.165) is 17.5 Å². The number of H-pyrrole nitrogens is 1. The molecule has 24 heavy (non-hydrogen) atoms. The van der Waals surface area contributed by atoms with E-state index in [1.54, 1.807) is 17.9 Å². The van der Waals surface area contributed by atoms with E-state index in [9.17, 15) is 4.79 Å².